The van der Waals surface area contributed by atoms with Crippen molar-refractivity contribution in [1.29, 1.82) is 0 Å². The summed E-state index contributed by atoms with van der Waals surface area (Å²) in [6, 6.07) is 0. The molecule has 0 aromatic rings. The molecule has 0 aliphatic carbocycles. The predicted octanol–water partition coefficient (Wildman–Crippen LogP) is -0.235. The Morgan fingerprint density at radius 3 is 2.69 bits per heavy atom. The normalized spacial score (nSPS) is 15.8. The zero-order valence-corrected chi connectivity index (χ0v) is 9.96. The molecule has 0 aromatic heterocycles. The van der Waals surface area contributed by atoms with Crippen LogP contribution in [0.2, 0.25) is 0 Å². The number of hydrogen-bond acceptors (Lipinski definition) is 4. The van der Waals surface area contributed by atoms with Gasteiger partial charge in [-0.05, 0) is 12.8 Å². The molecule has 1 saturated heterocycles. The third-order valence-electron chi connectivity index (χ3n) is 2.55. The summed E-state index contributed by atoms with van der Waals surface area (Å²) >= 11 is 0. The van der Waals surface area contributed by atoms with Crippen LogP contribution >= 0.6 is 0 Å². The van der Waals surface area contributed by atoms with Crippen LogP contribution in [-0.4, -0.2) is 52.5 Å². The average molecular weight is 230 g/mol. The lowest BCUT2D eigenvalue weighted by molar-refractivity contribution is -0.126. The van der Waals surface area contributed by atoms with Gasteiger partial charge >= 0.3 is 0 Å². The van der Waals surface area contributed by atoms with E-state index in [1.54, 1.807) is 7.11 Å². The summed E-state index contributed by atoms with van der Waals surface area (Å²) in [6.45, 7) is 4.52. The second kappa shape index (κ2) is 8.50. The van der Waals surface area contributed by atoms with Gasteiger partial charge in [0.25, 0.3) is 0 Å². The van der Waals surface area contributed by atoms with Crippen molar-refractivity contribution in [2.45, 2.75) is 12.8 Å². The summed E-state index contributed by atoms with van der Waals surface area (Å²) in [4.78, 5) is 11.4. The molecule has 16 heavy (non-hydrogen) atoms. The highest BCUT2D eigenvalue weighted by Gasteiger charge is 2.23. The molecule has 0 saturated carbocycles. The smallest absolute Gasteiger partial charge is 0.225 e. The molecule has 5 heteroatoms. The first-order valence-corrected chi connectivity index (χ1v) is 5.89. The highest BCUT2D eigenvalue weighted by Crippen LogP contribution is 2.01. The Labute approximate surface area is 96.9 Å². The number of nitrogens with one attached hydrogen (secondary N) is 2. The van der Waals surface area contributed by atoms with Crippen LogP contribution in [0.4, 0.5) is 0 Å². The van der Waals surface area contributed by atoms with Crippen molar-refractivity contribution in [1.82, 2.24) is 10.6 Å². The lowest BCUT2D eigenvalue weighted by atomic mass is 10.0. The van der Waals surface area contributed by atoms with E-state index in [1.807, 2.05) is 0 Å². The molecule has 2 N–H and O–H groups in total. The SMILES string of the molecule is COCCCOCCCNC(=O)C1CNC1. The zero-order chi connectivity index (χ0) is 11.6. The van der Waals surface area contributed by atoms with E-state index in [4.69, 9.17) is 9.47 Å². The average Bonchev–Trinajstić information content (AvgIpc) is 2.19. The molecule has 94 valence electrons. The van der Waals surface area contributed by atoms with Crippen LogP contribution in [0.1, 0.15) is 12.8 Å². The van der Waals surface area contributed by atoms with Gasteiger partial charge in [-0.15, -0.1) is 0 Å². The monoisotopic (exact) mass is 230 g/mol. The minimum atomic E-state index is 0.165. The van der Waals surface area contributed by atoms with Crippen molar-refractivity contribution in [3.63, 3.8) is 0 Å². The molecule has 0 aromatic carbocycles. The summed E-state index contributed by atoms with van der Waals surface area (Å²) in [6.07, 6.45) is 1.80. The quantitative estimate of drug-likeness (QED) is 0.537. The maximum absolute atomic E-state index is 11.4. The topological polar surface area (TPSA) is 59.6 Å². The minimum absolute atomic E-state index is 0.165. The molecular formula is C11H22N2O3. The summed E-state index contributed by atoms with van der Waals surface area (Å²) in [5.41, 5.74) is 0. The molecule has 1 aliphatic heterocycles. The van der Waals surface area contributed by atoms with Crippen molar-refractivity contribution in [2.75, 3.05) is 46.6 Å². The molecule has 0 unspecified atom stereocenters. The Morgan fingerprint density at radius 1 is 1.31 bits per heavy atom. The van der Waals surface area contributed by atoms with Gasteiger partial charge in [-0.25, -0.2) is 0 Å². The number of rotatable bonds is 9. The fourth-order valence-electron chi connectivity index (χ4n) is 1.41. The van der Waals surface area contributed by atoms with Gasteiger partial charge in [0, 0.05) is 46.6 Å². The van der Waals surface area contributed by atoms with E-state index in [2.05, 4.69) is 10.6 Å². The lowest BCUT2D eigenvalue weighted by Gasteiger charge is -2.25. The number of amides is 1. The van der Waals surface area contributed by atoms with E-state index in [-0.39, 0.29) is 11.8 Å². The summed E-state index contributed by atoms with van der Waals surface area (Å²) in [5, 5.41) is 5.98. The first kappa shape index (κ1) is 13.4. The van der Waals surface area contributed by atoms with Crippen molar-refractivity contribution < 1.29 is 14.3 Å². The summed E-state index contributed by atoms with van der Waals surface area (Å²) < 4.78 is 10.3. The molecule has 1 amide bonds. The molecule has 0 bridgehead atoms. The van der Waals surface area contributed by atoms with Gasteiger partial charge in [0.2, 0.25) is 5.91 Å². The minimum Gasteiger partial charge on any atom is -0.385 e. The Bertz CT molecular complexity index is 196. The van der Waals surface area contributed by atoms with Crippen LogP contribution in [0, 0.1) is 5.92 Å². The second-order valence-electron chi connectivity index (χ2n) is 3.96. The maximum atomic E-state index is 11.4. The van der Waals surface area contributed by atoms with Gasteiger partial charge in [0.05, 0.1) is 5.92 Å². The fourth-order valence-corrected chi connectivity index (χ4v) is 1.41. The first-order valence-electron chi connectivity index (χ1n) is 5.89. The first-order chi connectivity index (χ1) is 7.84. The van der Waals surface area contributed by atoms with E-state index < -0.39 is 0 Å². The van der Waals surface area contributed by atoms with E-state index in [0.717, 1.165) is 39.1 Å². The van der Waals surface area contributed by atoms with Crippen LogP contribution in [0.3, 0.4) is 0 Å². The molecule has 0 atom stereocenters. The molecule has 1 heterocycles. The largest absolute Gasteiger partial charge is 0.385 e. The second-order valence-corrected chi connectivity index (χ2v) is 3.96. The molecular weight excluding hydrogens is 208 g/mol. The van der Waals surface area contributed by atoms with Gasteiger partial charge < -0.3 is 20.1 Å². The molecule has 1 rings (SSSR count). The van der Waals surface area contributed by atoms with Gasteiger partial charge in [-0.3, -0.25) is 4.79 Å². The molecule has 0 radical (unpaired) electrons. The predicted molar refractivity (Wildman–Crippen MR) is 61.3 cm³/mol. The Kier molecular flexibility index (Phi) is 7.12. The van der Waals surface area contributed by atoms with Gasteiger partial charge in [0.1, 0.15) is 0 Å². The number of hydrogen-bond donors (Lipinski definition) is 2. The summed E-state index contributed by atoms with van der Waals surface area (Å²) in [7, 11) is 1.69. The van der Waals surface area contributed by atoms with Crippen molar-refractivity contribution in [2.24, 2.45) is 5.92 Å². The Balaban J connectivity index is 1.79. The number of methoxy groups -OCH3 is 1. The van der Waals surface area contributed by atoms with E-state index in [9.17, 15) is 4.79 Å². The standard InChI is InChI=1S/C11H22N2O3/c1-15-5-3-7-16-6-2-4-13-11(14)10-8-12-9-10/h10,12H,2-9H2,1H3,(H,13,14). The van der Waals surface area contributed by atoms with Gasteiger partial charge in [0.15, 0.2) is 0 Å². The van der Waals surface area contributed by atoms with Crippen LogP contribution in [-0.2, 0) is 14.3 Å². The van der Waals surface area contributed by atoms with Crippen LogP contribution in [0.5, 0.6) is 0 Å². The fraction of sp³-hybridized carbons (Fsp3) is 0.909. The third-order valence-corrected chi connectivity index (χ3v) is 2.55. The zero-order valence-electron chi connectivity index (χ0n) is 9.96. The number of carbonyl (C=O) groups excluding carboxylic acids is 1. The highest BCUT2D eigenvalue weighted by atomic mass is 16.5. The lowest BCUT2D eigenvalue weighted by Crippen LogP contribution is -2.50. The number of ether oxygens (including phenoxy) is 2. The highest BCUT2D eigenvalue weighted by molar-refractivity contribution is 5.79. The third kappa shape index (κ3) is 5.44. The van der Waals surface area contributed by atoms with Crippen molar-refractivity contribution in [3.8, 4) is 0 Å². The molecule has 1 aliphatic rings. The molecule has 1 fully saturated rings. The van der Waals surface area contributed by atoms with Crippen LogP contribution in [0.25, 0.3) is 0 Å². The van der Waals surface area contributed by atoms with E-state index in [1.165, 1.54) is 0 Å². The number of carbonyl (C=O) groups is 1. The van der Waals surface area contributed by atoms with Crippen molar-refractivity contribution >= 4 is 5.91 Å². The van der Waals surface area contributed by atoms with Gasteiger partial charge in [-0.1, -0.05) is 0 Å². The van der Waals surface area contributed by atoms with Crippen LogP contribution in [0.15, 0.2) is 0 Å². The Morgan fingerprint density at radius 2 is 2.06 bits per heavy atom. The maximum Gasteiger partial charge on any atom is 0.225 e. The van der Waals surface area contributed by atoms with Crippen molar-refractivity contribution in [3.05, 3.63) is 0 Å². The van der Waals surface area contributed by atoms with E-state index >= 15 is 0 Å². The van der Waals surface area contributed by atoms with E-state index in [0.29, 0.717) is 13.2 Å². The summed E-state index contributed by atoms with van der Waals surface area (Å²) in [5.74, 6) is 0.348. The van der Waals surface area contributed by atoms with Crippen LogP contribution < -0.4 is 10.6 Å². The molecule has 0 spiro atoms. The Hall–Kier alpha value is -0.650. The van der Waals surface area contributed by atoms with Gasteiger partial charge in [-0.2, -0.15) is 0 Å². The molecule has 5 nitrogen and oxygen atoms in total.